The predicted molar refractivity (Wildman–Crippen MR) is 58.1 cm³/mol. The van der Waals surface area contributed by atoms with Gasteiger partial charge in [-0.05, 0) is 6.42 Å². The molecule has 1 aliphatic rings. The topological polar surface area (TPSA) is 72.4 Å². The Morgan fingerprint density at radius 3 is 2.76 bits per heavy atom. The van der Waals surface area contributed by atoms with Crippen molar-refractivity contribution in [1.29, 1.82) is 0 Å². The summed E-state index contributed by atoms with van der Waals surface area (Å²) in [5.41, 5.74) is 0.443. The molecule has 2 heterocycles. The molecule has 0 radical (unpaired) electrons. The van der Waals surface area contributed by atoms with Crippen molar-refractivity contribution in [3.05, 3.63) is 24.3 Å². The summed E-state index contributed by atoms with van der Waals surface area (Å²) in [5.74, 6) is -0.616. The van der Waals surface area contributed by atoms with Crippen LogP contribution >= 0.6 is 0 Å². The molecule has 2 rings (SSSR count). The maximum absolute atomic E-state index is 12.0. The highest BCUT2D eigenvalue weighted by atomic mass is 16.5. The van der Waals surface area contributed by atoms with E-state index in [1.165, 1.54) is 25.8 Å². The molecule has 1 aromatic rings. The van der Waals surface area contributed by atoms with E-state index in [1.807, 2.05) is 0 Å². The zero-order chi connectivity index (χ0) is 12.3. The lowest BCUT2D eigenvalue weighted by Crippen LogP contribution is -2.30. The smallest absolute Gasteiger partial charge is 0.310 e. The van der Waals surface area contributed by atoms with Gasteiger partial charge in [-0.1, -0.05) is 0 Å². The number of esters is 1. The van der Waals surface area contributed by atoms with Gasteiger partial charge in [0.05, 0.1) is 18.6 Å². The molecule has 1 fully saturated rings. The van der Waals surface area contributed by atoms with E-state index in [0.29, 0.717) is 25.1 Å². The average Bonchev–Trinajstić information content (AvgIpc) is 2.87. The van der Waals surface area contributed by atoms with Gasteiger partial charge in [0.25, 0.3) is 5.91 Å². The van der Waals surface area contributed by atoms with Gasteiger partial charge in [0.15, 0.2) is 0 Å². The first-order chi connectivity index (χ1) is 8.22. The normalized spacial score (nSPS) is 19.1. The van der Waals surface area contributed by atoms with E-state index in [9.17, 15) is 9.59 Å². The minimum Gasteiger partial charge on any atom is -0.469 e. The fourth-order valence-corrected chi connectivity index (χ4v) is 1.90. The molecule has 6 nitrogen and oxygen atoms in total. The second-order valence-corrected chi connectivity index (χ2v) is 3.89. The number of likely N-dealkylation sites (tertiary alicyclic amines) is 1. The Morgan fingerprint density at radius 2 is 2.12 bits per heavy atom. The zero-order valence-electron chi connectivity index (χ0n) is 9.50. The minimum absolute atomic E-state index is 0.142. The van der Waals surface area contributed by atoms with Crippen LogP contribution in [-0.2, 0) is 9.53 Å². The van der Waals surface area contributed by atoms with Crippen LogP contribution in [0.25, 0.3) is 0 Å². The summed E-state index contributed by atoms with van der Waals surface area (Å²) >= 11 is 0. The number of rotatable bonds is 2. The van der Waals surface area contributed by atoms with Gasteiger partial charge in [-0.3, -0.25) is 9.59 Å². The number of carbonyl (C=O) groups excluding carboxylic acids is 2. The SMILES string of the molecule is COC(=O)C1CCN(C(=O)c2cncnc2)C1. The van der Waals surface area contributed by atoms with Crippen molar-refractivity contribution < 1.29 is 14.3 Å². The fraction of sp³-hybridized carbons (Fsp3) is 0.455. The molecule has 1 atom stereocenters. The maximum Gasteiger partial charge on any atom is 0.310 e. The van der Waals surface area contributed by atoms with Gasteiger partial charge in [0.1, 0.15) is 6.33 Å². The Balaban J connectivity index is 2.02. The van der Waals surface area contributed by atoms with E-state index in [1.54, 1.807) is 4.90 Å². The maximum atomic E-state index is 12.0. The van der Waals surface area contributed by atoms with Crippen LogP contribution in [0.15, 0.2) is 18.7 Å². The summed E-state index contributed by atoms with van der Waals surface area (Å²) in [4.78, 5) is 32.6. The third kappa shape index (κ3) is 2.41. The molecule has 0 spiro atoms. The summed E-state index contributed by atoms with van der Waals surface area (Å²) in [6, 6.07) is 0. The van der Waals surface area contributed by atoms with Crippen molar-refractivity contribution in [2.45, 2.75) is 6.42 Å². The largest absolute Gasteiger partial charge is 0.469 e. The second-order valence-electron chi connectivity index (χ2n) is 3.89. The number of hydrogen-bond donors (Lipinski definition) is 0. The molecule has 6 heteroatoms. The Bertz CT molecular complexity index is 421. The van der Waals surface area contributed by atoms with Crippen molar-refractivity contribution in [1.82, 2.24) is 14.9 Å². The van der Waals surface area contributed by atoms with Gasteiger partial charge < -0.3 is 9.64 Å². The van der Waals surface area contributed by atoms with Crippen molar-refractivity contribution >= 4 is 11.9 Å². The number of carbonyl (C=O) groups is 2. The van der Waals surface area contributed by atoms with Crippen molar-refractivity contribution in [2.75, 3.05) is 20.2 Å². The molecular formula is C11H13N3O3. The summed E-state index contributed by atoms with van der Waals surface area (Å²) in [6.45, 7) is 0.966. The third-order valence-corrected chi connectivity index (χ3v) is 2.82. The van der Waals surface area contributed by atoms with Crippen LogP contribution in [0, 0.1) is 5.92 Å². The number of hydrogen-bond acceptors (Lipinski definition) is 5. The first kappa shape index (κ1) is 11.5. The quantitative estimate of drug-likeness (QED) is 0.680. The fourth-order valence-electron chi connectivity index (χ4n) is 1.90. The van der Waals surface area contributed by atoms with Crippen molar-refractivity contribution in [3.63, 3.8) is 0 Å². The molecule has 0 saturated carbocycles. The molecule has 1 aliphatic heterocycles. The van der Waals surface area contributed by atoms with Crippen molar-refractivity contribution in [3.8, 4) is 0 Å². The Labute approximate surface area is 98.6 Å². The minimum atomic E-state index is -0.260. The highest BCUT2D eigenvalue weighted by Gasteiger charge is 2.32. The molecule has 1 unspecified atom stereocenters. The number of nitrogens with zero attached hydrogens (tertiary/aromatic N) is 3. The third-order valence-electron chi connectivity index (χ3n) is 2.82. The summed E-state index contributed by atoms with van der Waals surface area (Å²) in [5, 5.41) is 0. The first-order valence-corrected chi connectivity index (χ1v) is 5.34. The van der Waals surface area contributed by atoms with Crippen molar-refractivity contribution in [2.24, 2.45) is 5.92 Å². The molecule has 1 aromatic heterocycles. The Hall–Kier alpha value is -1.98. The van der Waals surface area contributed by atoms with Crippen LogP contribution in [0.2, 0.25) is 0 Å². The monoisotopic (exact) mass is 235 g/mol. The molecule has 0 aromatic carbocycles. The van der Waals surface area contributed by atoms with Gasteiger partial charge in [-0.25, -0.2) is 9.97 Å². The van der Waals surface area contributed by atoms with Gasteiger partial charge in [0.2, 0.25) is 0 Å². The number of aromatic nitrogens is 2. The molecule has 0 aliphatic carbocycles. The van der Waals surface area contributed by atoms with Gasteiger partial charge in [-0.2, -0.15) is 0 Å². The van der Waals surface area contributed by atoms with Gasteiger partial charge >= 0.3 is 5.97 Å². The van der Waals surface area contributed by atoms with Gasteiger partial charge in [-0.15, -0.1) is 0 Å². The van der Waals surface area contributed by atoms with Crippen LogP contribution in [-0.4, -0.2) is 46.9 Å². The molecule has 0 N–H and O–H groups in total. The molecular weight excluding hydrogens is 222 g/mol. The highest BCUT2D eigenvalue weighted by Crippen LogP contribution is 2.19. The highest BCUT2D eigenvalue weighted by molar-refractivity contribution is 5.94. The van der Waals surface area contributed by atoms with E-state index in [2.05, 4.69) is 14.7 Å². The molecule has 1 amide bonds. The molecule has 90 valence electrons. The molecule has 17 heavy (non-hydrogen) atoms. The summed E-state index contributed by atoms with van der Waals surface area (Å²) in [7, 11) is 1.36. The summed E-state index contributed by atoms with van der Waals surface area (Å²) < 4.78 is 4.67. The average molecular weight is 235 g/mol. The van der Waals surface area contributed by atoms with E-state index in [4.69, 9.17) is 0 Å². The lowest BCUT2D eigenvalue weighted by molar-refractivity contribution is -0.144. The van der Waals surface area contributed by atoms with E-state index < -0.39 is 0 Å². The first-order valence-electron chi connectivity index (χ1n) is 5.34. The standard InChI is InChI=1S/C11H13N3O3/c1-17-11(16)8-2-3-14(6-8)10(15)9-4-12-7-13-5-9/h4-5,7-8H,2-3,6H2,1H3. The molecule has 1 saturated heterocycles. The zero-order valence-corrected chi connectivity index (χ0v) is 9.50. The lowest BCUT2D eigenvalue weighted by Gasteiger charge is -2.15. The second kappa shape index (κ2) is 4.90. The Morgan fingerprint density at radius 1 is 1.41 bits per heavy atom. The number of ether oxygens (including phenoxy) is 1. The van der Waals surface area contributed by atoms with Gasteiger partial charge in [0, 0.05) is 25.5 Å². The molecule has 0 bridgehead atoms. The van der Waals surface area contributed by atoms with Crippen LogP contribution in [0.1, 0.15) is 16.8 Å². The van der Waals surface area contributed by atoms with E-state index >= 15 is 0 Å². The van der Waals surface area contributed by atoms with Crippen LogP contribution in [0.3, 0.4) is 0 Å². The number of methoxy groups -OCH3 is 1. The number of amides is 1. The van der Waals surface area contributed by atoms with E-state index in [0.717, 1.165) is 0 Å². The predicted octanol–water partition coefficient (Wildman–Crippen LogP) is 0.112. The van der Waals surface area contributed by atoms with Crippen LogP contribution < -0.4 is 0 Å². The lowest BCUT2D eigenvalue weighted by atomic mass is 10.1. The Kier molecular flexibility index (Phi) is 3.32. The van der Waals surface area contributed by atoms with Crippen LogP contribution in [0.4, 0.5) is 0 Å². The van der Waals surface area contributed by atoms with E-state index in [-0.39, 0.29) is 17.8 Å². The van der Waals surface area contributed by atoms with Crippen LogP contribution in [0.5, 0.6) is 0 Å². The summed E-state index contributed by atoms with van der Waals surface area (Å²) in [6.07, 6.45) is 4.96.